The number of ketones is 1. The summed E-state index contributed by atoms with van der Waals surface area (Å²) in [4.78, 5) is 10.9. The van der Waals surface area contributed by atoms with Crippen molar-refractivity contribution in [3.8, 4) is 0 Å². The molecular formula is C11H20O2. The van der Waals surface area contributed by atoms with E-state index < -0.39 is 0 Å². The molecule has 0 radical (unpaired) electrons. The van der Waals surface area contributed by atoms with E-state index in [0.29, 0.717) is 12.2 Å². The van der Waals surface area contributed by atoms with Crippen LogP contribution < -0.4 is 0 Å². The highest BCUT2D eigenvalue weighted by Crippen LogP contribution is 2.18. The zero-order chi connectivity index (χ0) is 9.52. The van der Waals surface area contributed by atoms with Gasteiger partial charge in [0.2, 0.25) is 0 Å². The summed E-state index contributed by atoms with van der Waals surface area (Å²) in [5.74, 6) is 0.374. The third-order valence-electron chi connectivity index (χ3n) is 2.55. The van der Waals surface area contributed by atoms with Gasteiger partial charge in [-0.1, -0.05) is 26.2 Å². The van der Waals surface area contributed by atoms with E-state index in [2.05, 4.69) is 6.92 Å². The SMILES string of the molecule is CCCCCCOC1CCC(=O)C1. The van der Waals surface area contributed by atoms with Gasteiger partial charge in [-0.15, -0.1) is 0 Å². The molecule has 0 heterocycles. The molecule has 1 unspecified atom stereocenters. The lowest BCUT2D eigenvalue weighted by Gasteiger charge is -2.09. The average Bonchev–Trinajstić information content (AvgIpc) is 2.51. The third-order valence-corrected chi connectivity index (χ3v) is 2.55. The zero-order valence-electron chi connectivity index (χ0n) is 8.55. The van der Waals surface area contributed by atoms with Gasteiger partial charge in [0.25, 0.3) is 0 Å². The van der Waals surface area contributed by atoms with E-state index in [-0.39, 0.29) is 6.10 Å². The van der Waals surface area contributed by atoms with Gasteiger partial charge in [0.15, 0.2) is 0 Å². The maximum absolute atomic E-state index is 10.9. The second kappa shape index (κ2) is 6.14. The predicted octanol–water partition coefficient (Wildman–Crippen LogP) is 2.70. The second-order valence-corrected chi connectivity index (χ2v) is 3.83. The fraction of sp³-hybridized carbons (Fsp3) is 0.909. The number of unbranched alkanes of at least 4 members (excludes halogenated alkanes) is 3. The second-order valence-electron chi connectivity index (χ2n) is 3.83. The van der Waals surface area contributed by atoms with Crippen LogP contribution in [0.3, 0.4) is 0 Å². The van der Waals surface area contributed by atoms with Crippen LogP contribution in [-0.2, 0) is 9.53 Å². The monoisotopic (exact) mass is 184 g/mol. The van der Waals surface area contributed by atoms with E-state index in [4.69, 9.17) is 4.74 Å². The number of hydrogen-bond acceptors (Lipinski definition) is 2. The van der Waals surface area contributed by atoms with Crippen molar-refractivity contribution < 1.29 is 9.53 Å². The molecule has 0 N–H and O–H groups in total. The van der Waals surface area contributed by atoms with Gasteiger partial charge >= 0.3 is 0 Å². The summed E-state index contributed by atoms with van der Waals surface area (Å²) in [6.45, 7) is 3.05. The molecule has 1 rings (SSSR count). The number of carbonyl (C=O) groups excluding carboxylic acids is 1. The van der Waals surface area contributed by atoms with Crippen LogP contribution in [0.5, 0.6) is 0 Å². The van der Waals surface area contributed by atoms with Crippen molar-refractivity contribution in [1.82, 2.24) is 0 Å². The van der Waals surface area contributed by atoms with Crippen LogP contribution in [0.4, 0.5) is 0 Å². The molecule has 1 fully saturated rings. The molecule has 1 aliphatic rings. The van der Waals surface area contributed by atoms with Crippen LogP contribution in [0.1, 0.15) is 51.9 Å². The van der Waals surface area contributed by atoms with Crippen LogP contribution in [0.25, 0.3) is 0 Å². The molecule has 0 aromatic rings. The maximum atomic E-state index is 10.9. The number of ether oxygens (including phenoxy) is 1. The van der Waals surface area contributed by atoms with Crippen molar-refractivity contribution in [2.45, 2.75) is 58.0 Å². The molecule has 2 heteroatoms. The van der Waals surface area contributed by atoms with Crippen LogP contribution in [-0.4, -0.2) is 18.5 Å². The molecule has 0 aliphatic heterocycles. The molecule has 0 aromatic carbocycles. The molecule has 0 aromatic heterocycles. The quantitative estimate of drug-likeness (QED) is 0.593. The van der Waals surface area contributed by atoms with Crippen molar-refractivity contribution >= 4 is 5.78 Å². The number of rotatable bonds is 6. The van der Waals surface area contributed by atoms with Crippen molar-refractivity contribution in [3.63, 3.8) is 0 Å². The number of hydrogen-bond donors (Lipinski definition) is 0. The zero-order valence-corrected chi connectivity index (χ0v) is 8.55. The molecule has 13 heavy (non-hydrogen) atoms. The summed E-state index contributed by atoms with van der Waals surface area (Å²) in [6.07, 6.45) is 7.57. The molecule has 1 saturated carbocycles. The summed E-state index contributed by atoms with van der Waals surface area (Å²) in [5.41, 5.74) is 0. The minimum Gasteiger partial charge on any atom is -0.378 e. The third kappa shape index (κ3) is 4.41. The van der Waals surface area contributed by atoms with Gasteiger partial charge in [-0.3, -0.25) is 4.79 Å². The standard InChI is InChI=1S/C11H20O2/c1-2-3-4-5-8-13-11-7-6-10(12)9-11/h11H,2-9H2,1H3. The molecule has 1 aliphatic carbocycles. The number of Topliss-reactive ketones (excluding diaryl/α,β-unsaturated/α-hetero) is 1. The van der Waals surface area contributed by atoms with Gasteiger partial charge in [0.1, 0.15) is 5.78 Å². The Balaban J connectivity index is 1.91. The largest absolute Gasteiger partial charge is 0.378 e. The molecule has 0 spiro atoms. The Morgan fingerprint density at radius 2 is 2.23 bits per heavy atom. The van der Waals surface area contributed by atoms with Crippen LogP contribution >= 0.6 is 0 Å². The van der Waals surface area contributed by atoms with Crippen LogP contribution in [0, 0.1) is 0 Å². The number of carbonyl (C=O) groups is 1. The molecule has 2 nitrogen and oxygen atoms in total. The molecule has 0 saturated heterocycles. The maximum Gasteiger partial charge on any atom is 0.135 e. The molecule has 1 atom stereocenters. The Hall–Kier alpha value is -0.370. The first-order valence-corrected chi connectivity index (χ1v) is 5.46. The fourth-order valence-electron chi connectivity index (χ4n) is 1.70. The highest BCUT2D eigenvalue weighted by Gasteiger charge is 2.21. The minimum absolute atomic E-state index is 0.245. The van der Waals surface area contributed by atoms with Crippen molar-refractivity contribution in [3.05, 3.63) is 0 Å². The van der Waals surface area contributed by atoms with Gasteiger partial charge in [-0.2, -0.15) is 0 Å². The molecule has 0 bridgehead atoms. The smallest absolute Gasteiger partial charge is 0.135 e. The topological polar surface area (TPSA) is 26.3 Å². The average molecular weight is 184 g/mol. The normalized spacial score (nSPS) is 22.5. The molecule has 0 amide bonds. The van der Waals surface area contributed by atoms with Crippen molar-refractivity contribution in [2.24, 2.45) is 0 Å². The first-order valence-electron chi connectivity index (χ1n) is 5.46. The lowest BCUT2D eigenvalue weighted by molar-refractivity contribution is -0.118. The Bertz CT molecular complexity index is 154. The van der Waals surface area contributed by atoms with Gasteiger partial charge in [0.05, 0.1) is 6.10 Å². The van der Waals surface area contributed by atoms with E-state index in [1.165, 1.54) is 19.3 Å². The van der Waals surface area contributed by atoms with Gasteiger partial charge < -0.3 is 4.74 Å². The summed E-state index contributed by atoms with van der Waals surface area (Å²) in [6, 6.07) is 0. The Kier molecular flexibility index (Phi) is 5.06. The Morgan fingerprint density at radius 1 is 1.38 bits per heavy atom. The lowest BCUT2D eigenvalue weighted by atomic mass is 10.2. The Labute approximate surface area is 80.7 Å². The predicted molar refractivity (Wildman–Crippen MR) is 52.7 cm³/mol. The van der Waals surface area contributed by atoms with E-state index in [9.17, 15) is 4.79 Å². The van der Waals surface area contributed by atoms with Crippen molar-refractivity contribution in [1.29, 1.82) is 0 Å². The lowest BCUT2D eigenvalue weighted by Crippen LogP contribution is -2.09. The highest BCUT2D eigenvalue weighted by molar-refractivity contribution is 5.81. The first-order chi connectivity index (χ1) is 6.33. The summed E-state index contributed by atoms with van der Waals surface area (Å²) < 4.78 is 5.60. The van der Waals surface area contributed by atoms with Crippen LogP contribution in [0.2, 0.25) is 0 Å². The van der Waals surface area contributed by atoms with Crippen molar-refractivity contribution in [2.75, 3.05) is 6.61 Å². The highest BCUT2D eigenvalue weighted by atomic mass is 16.5. The van der Waals surface area contributed by atoms with E-state index in [1.807, 2.05) is 0 Å². The molecule has 76 valence electrons. The van der Waals surface area contributed by atoms with Gasteiger partial charge in [-0.25, -0.2) is 0 Å². The van der Waals surface area contributed by atoms with Crippen LogP contribution in [0.15, 0.2) is 0 Å². The summed E-state index contributed by atoms with van der Waals surface area (Å²) in [5, 5.41) is 0. The minimum atomic E-state index is 0.245. The first kappa shape index (κ1) is 10.7. The summed E-state index contributed by atoms with van der Waals surface area (Å²) >= 11 is 0. The summed E-state index contributed by atoms with van der Waals surface area (Å²) in [7, 11) is 0. The Morgan fingerprint density at radius 3 is 2.85 bits per heavy atom. The fourth-order valence-corrected chi connectivity index (χ4v) is 1.70. The van der Waals surface area contributed by atoms with E-state index in [0.717, 1.165) is 25.9 Å². The van der Waals surface area contributed by atoms with Gasteiger partial charge in [-0.05, 0) is 12.8 Å². The van der Waals surface area contributed by atoms with E-state index in [1.54, 1.807) is 0 Å². The molecular weight excluding hydrogens is 164 g/mol. The van der Waals surface area contributed by atoms with Gasteiger partial charge in [0, 0.05) is 19.4 Å². The van der Waals surface area contributed by atoms with E-state index >= 15 is 0 Å².